The number of hydrogen-bond donors (Lipinski definition) is 0. The van der Waals surface area contributed by atoms with Crippen LogP contribution in [0.25, 0.3) is 39.5 Å². The molecule has 1 unspecified atom stereocenters. The van der Waals surface area contributed by atoms with Crippen molar-refractivity contribution < 1.29 is 0 Å². The van der Waals surface area contributed by atoms with Crippen LogP contribution in [0.15, 0.2) is 121 Å². The lowest BCUT2D eigenvalue weighted by Gasteiger charge is -2.21. The van der Waals surface area contributed by atoms with E-state index in [1.165, 1.54) is 61.2 Å². The fourth-order valence-electron chi connectivity index (χ4n) is 6.51. The molecule has 0 amide bonds. The molecule has 0 bridgehead atoms. The Labute approximate surface area is 220 Å². The third-order valence-electron chi connectivity index (χ3n) is 8.19. The second-order valence-electron chi connectivity index (χ2n) is 10.4. The van der Waals surface area contributed by atoms with E-state index in [1.54, 1.807) is 5.57 Å². The first-order valence-electron chi connectivity index (χ1n) is 13.5. The molecular weight excluding hydrogens is 444 g/mol. The summed E-state index contributed by atoms with van der Waals surface area (Å²) in [6, 6.07) is 42.5. The van der Waals surface area contributed by atoms with Crippen LogP contribution in [0.4, 0.5) is 0 Å². The van der Waals surface area contributed by atoms with E-state index in [0.717, 1.165) is 19.3 Å². The van der Waals surface area contributed by atoms with Gasteiger partial charge in [-0.1, -0.05) is 140 Å². The number of rotatable bonds is 5. The van der Waals surface area contributed by atoms with Gasteiger partial charge in [-0.25, -0.2) is 0 Å². The summed E-state index contributed by atoms with van der Waals surface area (Å²) in [4.78, 5) is 0. The van der Waals surface area contributed by atoms with E-state index in [0.29, 0.717) is 5.92 Å². The average molecular weight is 475 g/mol. The average Bonchev–Trinajstić information content (AvgIpc) is 3.52. The maximum Gasteiger partial charge on any atom is 0.0311 e. The summed E-state index contributed by atoms with van der Waals surface area (Å²) in [7, 11) is 0. The van der Waals surface area contributed by atoms with E-state index in [-0.39, 0.29) is 0 Å². The Kier molecular flexibility index (Phi) is 5.40. The number of allylic oxidation sites excluding steroid dienone is 1. The first-order valence-corrected chi connectivity index (χ1v) is 13.5. The summed E-state index contributed by atoms with van der Waals surface area (Å²) < 4.78 is 0. The minimum absolute atomic E-state index is 0.336. The van der Waals surface area contributed by atoms with Gasteiger partial charge in [0.25, 0.3) is 0 Å². The Hall–Kier alpha value is -4.16. The van der Waals surface area contributed by atoms with E-state index in [1.807, 2.05) is 0 Å². The van der Waals surface area contributed by atoms with Gasteiger partial charge in [0.15, 0.2) is 0 Å². The molecular formula is C37H30. The van der Waals surface area contributed by atoms with Crippen LogP contribution >= 0.6 is 0 Å². The third kappa shape index (κ3) is 3.67. The van der Waals surface area contributed by atoms with E-state index >= 15 is 0 Å². The van der Waals surface area contributed by atoms with Gasteiger partial charge < -0.3 is 0 Å². The molecule has 5 aromatic rings. The van der Waals surface area contributed by atoms with Crippen molar-refractivity contribution in [1.29, 1.82) is 0 Å². The smallest absolute Gasteiger partial charge is 0.0311 e. The Morgan fingerprint density at radius 1 is 0.568 bits per heavy atom. The number of fused-ring (bicyclic) bond motifs is 4. The topological polar surface area (TPSA) is 0 Å². The van der Waals surface area contributed by atoms with Crippen molar-refractivity contribution >= 4 is 6.08 Å². The summed E-state index contributed by atoms with van der Waals surface area (Å²) in [6.45, 7) is 2.30. The van der Waals surface area contributed by atoms with Gasteiger partial charge in [0, 0.05) is 5.92 Å². The molecule has 0 N–H and O–H groups in total. The van der Waals surface area contributed by atoms with Crippen molar-refractivity contribution in [2.24, 2.45) is 0 Å². The molecule has 178 valence electrons. The monoisotopic (exact) mass is 474 g/mol. The Balaban J connectivity index is 1.33. The lowest BCUT2D eigenvalue weighted by molar-refractivity contribution is 0.824. The van der Waals surface area contributed by atoms with Gasteiger partial charge in [0.1, 0.15) is 0 Å². The molecule has 2 aliphatic carbocycles. The normalized spacial score (nSPS) is 15.2. The van der Waals surface area contributed by atoms with Crippen LogP contribution in [0.1, 0.15) is 53.5 Å². The second kappa shape index (κ2) is 9.05. The minimum Gasteiger partial charge on any atom is -0.0651 e. The van der Waals surface area contributed by atoms with Crippen molar-refractivity contribution in [3.63, 3.8) is 0 Å². The highest BCUT2D eigenvalue weighted by atomic mass is 14.4. The van der Waals surface area contributed by atoms with Crippen molar-refractivity contribution in [3.8, 4) is 33.4 Å². The highest BCUT2D eigenvalue weighted by Gasteiger charge is 2.32. The zero-order valence-corrected chi connectivity index (χ0v) is 21.2. The van der Waals surface area contributed by atoms with Gasteiger partial charge in [-0.3, -0.25) is 0 Å². The predicted octanol–water partition coefficient (Wildman–Crippen LogP) is 9.92. The lowest BCUT2D eigenvalue weighted by Crippen LogP contribution is -2.05. The van der Waals surface area contributed by atoms with Gasteiger partial charge in [-0.15, -0.1) is 0 Å². The fraction of sp³-hybridized carbons (Fsp3) is 0.135. The highest BCUT2D eigenvalue weighted by molar-refractivity contribution is 5.85. The first-order chi connectivity index (χ1) is 18.3. The molecule has 0 aliphatic heterocycles. The molecule has 1 atom stereocenters. The van der Waals surface area contributed by atoms with Gasteiger partial charge in [-0.2, -0.15) is 0 Å². The molecule has 0 fully saturated rings. The van der Waals surface area contributed by atoms with Crippen molar-refractivity contribution in [2.45, 2.75) is 32.1 Å². The molecule has 7 rings (SSSR count). The molecule has 5 aromatic carbocycles. The molecule has 0 radical (unpaired) electrons. The minimum atomic E-state index is 0.336. The van der Waals surface area contributed by atoms with Crippen molar-refractivity contribution in [2.75, 3.05) is 0 Å². The van der Waals surface area contributed by atoms with Gasteiger partial charge in [-0.05, 0) is 74.0 Å². The van der Waals surface area contributed by atoms with E-state index < -0.39 is 0 Å². The summed E-state index contributed by atoms with van der Waals surface area (Å²) in [5, 5.41) is 0. The number of hydrogen-bond acceptors (Lipinski definition) is 0. The van der Waals surface area contributed by atoms with Crippen LogP contribution in [-0.4, -0.2) is 0 Å². The van der Waals surface area contributed by atoms with Gasteiger partial charge in [0.05, 0.1) is 0 Å². The fourth-order valence-corrected chi connectivity index (χ4v) is 6.51. The molecule has 37 heavy (non-hydrogen) atoms. The van der Waals surface area contributed by atoms with E-state index in [9.17, 15) is 0 Å². The molecule has 0 heteroatoms. The maximum absolute atomic E-state index is 2.51. The van der Waals surface area contributed by atoms with Crippen molar-refractivity contribution in [3.05, 3.63) is 149 Å². The summed E-state index contributed by atoms with van der Waals surface area (Å²) in [5.41, 5.74) is 16.8. The molecule has 0 nitrogen and oxygen atoms in total. The second-order valence-corrected chi connectivity index (χ2v) is 10.4. The molecule has 0 saturated carbocycles. The van der Waals surface area contributed by atoms with Crippen LogP contribution in [0, 0.1) is 0 Å². The third-order valence-corrected chi connectivity index (χ3v) is 8.19. The Bertz CT molecular complexity index is 1630. The first kappa shape index (κ1) is 22.1. The van der Waals surface area contributed by atoms with E-state index in [4.69, 9.17) is 0 Å². The maximum atomic E-state index is 2.51. The standard InChI is InChI=1S/C37H30/c1-2-10-29-24-35-30(27-21-19-26(20-22-27)25-11-4-3-5-12-25)15-8-17-33(35)37(29)34-18-9-16-32-31-14-7-6-13-28(31)23-36(32)34/h3-9,11-22,24,37H,2,10,23H2,1H3. The summed E-state index contributed by atoms with van der Waals surface area (Å²) in [5.74, 6) is 0.336. The van der Waals surface area contributed by atoms with Crippen LogP contribution in [-0.2, 0) is 6.42 Å². The zero-order valence-electron chi connectivity index (χ0n) is 21.2. The molecule has 0 heterocycles. The zero-order chi connectivity index (χ0) is 24.8. The number of benzene rings is 5. The molecule has 0 aromatic heterocycles. The van der Waals surface area contributed by atoms with Crippen LogP contribution < -0.4 is 0 Å². The Morgan fingerprint density at radius 3 is 2.03 bits per heavy atom. The Morgan fingerprint density at radius 2 is 1.22 bits per heavy atom. The van der Waals surface area contributed by atoms with Crippen LogP contribution in [0.3, 0.4) is 0 Å². The molecule has 0 spiro atoms. The predicted molar refractivity (Wildman–Crippen MR) is 157 cm³/mol. The van der Waals surface area contributed by atoms with Gasteiger partial charge >= 0.3 is 0 Å². The quantitative estimate of drug-likeness (QED) is 0.233. The SMILES string of the molecule is CCCC1=Cc2c(-c3ccc(-c4ccccc4)cc3)cccc2C1c1cccc2c1Cc1ccccc1-2. The lowest BCUT2D eigenvalue weighted by atomic mass is 9.82. The van der Waals surface area contributed by atoms with Gasteiger partial charge in [0.2, 0.25) is 0 Å². The molecule has 0 saturated heterocycles. The summed E-state index contributed by atoms with van der Waals surface area (Å²) >= 11 is 0. The molecule has 2 aliphatic rings. The van der Waals surface area contributed by atoms with Crippen molar-refractivity contribution in [1.82, 2.24) is 0 Å². The van der Waals surface area contributed by atoms with Crippen LogP contribution in [0.5, 0.6) is 0 Å². The van der Waals surface area contributed by atoms with Crippen LogP contribution in [0.2, 0.25) is 0 Å². The highest BCUT2D eigenvalue weighted by Crippen LogP contribution is 2.50. The summed E-state index contributed by atoms with van der Waals surface area (Å²) in [6.07, 6.45) is 5.83. The largest absolute Gasteiger partial charge is 0.0651 e. The van der Waals surface area contributed by atoms with E-state index in [2.05, 4.69) is 128 Å².